The third kappa shape index (κ3) is 5.58. The topological polar surface area (TPSA) is 198 Å². The van der Waals surface area contributed by atoms with Gasteiger partial charge in [0.1, 0.15) is 23.9 Å². The fourth-order valence-corrected chi connectivity index (χ4v) is 8.48. The molecule has 4 aliphatic rings. The van der Waals surface area contributed by atoms with Crippen molar-refractivity contribution in [3.8, 4) is 0 Å². The van der Waals surface area contributed by atoms with Crippen LogP contribution in [0.4, 0.5) is 0 Å². The molecule has 0 amide bonds. The van der Waals surface area contributed by atoms with Crippen molar-refractivity contribution in [1.29, 1.82) is 0 Å². The first kappa shape index (κ1) is 36.6. The van der Waals surface area contributed by atoms with Gasteiger partial charge in [-0.05, 0) is 44.1 Å². The average Bonchev–Trinajstić information content (AvgIpc) is 3.02. The maximum atomic E-state index is 15.2. The van der Waals surface area contributed by atoms with Gasteiger partial charge in [-0.3, -0.25) is 19.2 Å². The van der Waals surface area contributed by atoms with Crippen LogP contribution in [0.1, 0.15) is 78.6 Å². The lowest BCUT2D eigenvalue weighted by atomic mass is 9.44. The fourth-order valence-electron chi connectivity index (χ4n) is 8.48. The normalized spacial score (nSPS) is 37.5. The van der Waals surface area contributed by atoms with Crippen LogP contribution in [0.5, 0.6) is 0 Å². The lowest BCUT2D eigenvalue weighted by Gasteiger charge is -2.67. The summed E-state index contributed by atoms with van der Waals surface area (Å²) in [4.78, 5) is 68.0. The molecule has 49 heavy (non-hydrogen) atoms. The van der Waals surface area contributed by atoms with Gasteiger partial charge in [0.2, 0.25) is 0 Å². The summed E-state index contributed by atoms with van der Waals surface area (Å²) >= 11 is 0. The minimum absolute atomic E-state index is 0.132. The van der Waals surface area contributed by atoms with E-state index in [1.54, 1.807) is 52.8 Å². The van der Waals surface area contributed by atoms with E-state index in [0.29, 0.717) is 5.57 Å². The van der Waals surface area contributed by atoms with Crippen LogP contribution in [0.15, 0.2) is 41.5 Å². The minimum Gasteiger partial charge on any atom is -0.457 e. The highest BCUT2D eigenvalue weighted by Gasteiger charge is 2.78. The Morgan fingerprint density at radius 1 is 1.00 bits per heavy atom. The van der Waals surface area contributed by atoms with Crippen LogP contribution in [0.25, 0.3) is 0 Å². The molecule has 13 nitrogen and oxygen atoms in total. The number of aliphatic hydroxyl groups excluding tert-OH is 1. The molecule has 5 rings (SSSR count). The molecule has 268 valence electrons. The molecule has 1 aromatic carbocycles. The molecular formula is C36H47NO12. The minimum atomic E-state index is -2.20. The summed E-state index contributed by atoms with van der Waals surface area (Å²) in [5, 5.41) is 25.2. The van der Waals surface area contributed by atoms with E-state index in [2.05, 4.69) is 0 Å². The Kier molecular flexibility index (Phi) is 9.41. The number of rotatable bonds is 7. The number of fused-ring (bicyclic) bond motifs is 5. The van der Waals surface area contributed by atoms with Gasteiger partial charge < -0.3 is 39.6 Å². The van der Waals surface area contributed by atoms with E-state index in [9.17, 15) is 29.4 Å². The second kappa shape index (κ2) is 12.6. The van der Waals surface area contributed by atoms with E-state index < -0.39 is 100 Å². The first-order chi connectivity index (χ1) is 22.7. The molecule has 1 saturated heterocycles. The number of hydrogen-bond donors (Lipinski definition) is 3. The van der Waals surface area contributed by atoms with Gasteiger partial charge in [-0.15, -0.1) is 0 Å². The Bertz CT molecular complexity index is 1570. The van der Waals surface area contributed by atoms with Crippen molar-refractivity contribution in [2.24, 2.45) is 28.4 Å². The number of ketones is 1. The summed E-state index contributed by atoms with van der Waals surface area (Å²) in [5.74, 6) is -6.03. The maximum Gasteiger partial charge on any atom is 0.338 e. The lowest BCUT2D eigenvalue weighted by molar-refractivity contribution is -0.346. The van der Waals surface area contributed by atoms with Crippen molar-refractivity contribution in [3.05, 3.63) is 47.0 Å². The maximum absolute atomic E-state index is 15.2. The van der Waals surface area contributed by atoms with Crippen molar-refractivity contribution in [2.45, 2.75) is 116 Å². The van der Waals surface area contributed by atoms with Gasteiger partial charge in [-0.25, -0.2) is 4.79 Å². The highest BCUT2D eigenvalue weighted by Crippen LogP contribution is 2.64. The van der Waals surface area contributed by atoms with Crippen LogP contribution in [-0.4, -0.2) is 94.2 Å². The third-order valence-electron chi connectivity index (χ3n) is 11.6. The Hall–Kier alpha value is -3.65. The molecular weight excluding hydrogens is 638 g/mol. The third-order valence-corrected chi connectivity index (χ3v) is 11.6. The second-order valence-electron chi connectivity index (χ2n) is 14.8. The van der Waals surface area contributed by atoms with Crippen molar-refractivity contribution in [2.75, 3.05) is 6.61 Å². The predicted octanol–water partition coefficient (Wildman–Crippen LogP) is 2.19. The van der Waals surface area contributed by atoms with Crippen molar-refractivity contribution >= 4 is 29.7 Å². The molecule has 1 aliphatic heterocycles. The number of carbonyl (C=O) groups excluding carboxylic acids is 5. The van der Waals surface area contributed by atoms with Gasteiger partial charge in [0.15, 0.2) is 17.5 Å². The van der Waals surface area contributed by atoms with E-state index in [1.807, 2.05) is 0 Å². The standard InChI is InChI=1S/C36H47NO12/c1-17(19(3)37)31(42)47-23-15-36(44)30(48-32(43)22-12-10-9-11-13-22)28-34(8,24(40)14-25-35(28,16-45-25)49-21(5)39)29(41)27(46-20(4)38)26(18(23)2)33(36,6)7/h9-13,17,19,23-25,27-28,30,40,44H,14-16,37H2,1-8H3/t17?,19-,23-,24-,25+,27+,28-,30-,34+,35-,36+/m0/s1. The molecule has 3 aliphatic carbocycles. The first-order valence-corrected chi connectivity index (χ1v) is 16.6. The summed E-state index contributed by atoms with van der Waals surface area (Å²) in [6.07, 6.45) is -7.46. The molecule has 11 atom stereocenters. The largest absolute Gasteiger partial charge is 0.457 e. The number of hydrogen-bond acceptors (Lipinski definition) is 13. The molecule has 4 N–H and O–H groups in total. The van der Waals surface area contributed by atoms with Gasteiger partial charge >= 0.3 is 23.9 Å². The average molecular weight is 686 g/mol. The molecule has 1 unspecified atom stereocenters. The van der Waals surface area contributed by atoms with Crippen LogP contribution in [0, 0.1) is 22.7 Å². The molecule has 2 saturated carbocycles. The zero-order valence-electron chi connectivity index (χ0n) is 29.2. The van der Waals surface area contributed by atoms with E-state index in [4.69, 9.17) is 29.4 Å². The quantitative estimate of drug-likeness (QED) is 0.215. The summed E-state index contributed by atoms with van der Waals surface area (Å²) in [6.45, 7) is 11.6. The Balaban J connectivity index is 1.84. The molecule has 0 spiro atoms. The number of benzene rings is 1. The monoisotopic (exact) mass is 685 g/mol. The number of ether oxygens (including phenoxy) is 5. The van der Waals surface area contributed by atoms with Gasteiger partial charge in [-0.2, -0.15) is 0 Å². The molecule has 0 aromatic heterocycles. The van der Waals surface area contributed by atoms with Gasteiger partial charge in [0, 0.05) is 38.1 Å². The summed E-state index contributed by atoms with van der Waals surface area (Å²) in [7, 11) is 0. The van der Waals surface area contributed by atoms with Crippen molar-refractivity contribution in [3.63, 3.8) is 0 Å². The SMILES string of the molecule is CC(=O)O[C@H]1C(=O)[C@@]2(C)[C@H]([C@H](OC(=O)c3ccccc3)[C@]3(O)C[C@H](OC(=O)C(C)[C@H](C)N)C(C)=C1C3(C)C)[C@]1(OC(C)=O)CO[C@@H]1C[C@@H]2O. The first-order valence-electron chi connectivity index (χ1n) is 16.6. The van der Waals surface area contributed by atoms with E-state index in [-0.39, 0.29) is 30.6 Å². The number of aliphatic hydroxyl groups is 2. The summed E-state index contributed by atoms with van der Waals surface area (Å²) in [6, 6.07) is 7.43. The van der Waals surface area contributed by atoms with Gasteiger partial charge in [0.25, 0.3) is 0 Å². The predicted molar refractivity (Wildman–Crippen MR) is 171 cm³/mol. The second-order valence-corrected chi connectivity index (χ2v) is 14.8. The Morgan fingerprint density at radius 3 is 2.16 bits per heavy atom. The molecule has 1 heterocycles. The van der Waals surface area contributed by atoms with E-state index in [1.165, 1.54) is 26.0 Å². The van der Waals surface area contributed by atoms with Crippen LogP contribution >= 0.6 is 0 Å². The van der Waals surface area contributed by atoms with Crippen molar-refractivity contribution < 1.29 is 57.9 Å². The van der Waals surface area contributed by atoms with E-state index >= 15 is 4.79 Å². The molecule has 3 fully saturated rings. The fraction of sp³-hybridized carbons (Fsp3) is 0.639. The zero-order chi connectivity index (χ0) is 36.4. The van der Waals surface area contributed by atoms with Crippen molar-refractivity contribution in [1.82, 2.24) is 0 Å². The summed E-state index contributed by atoms with van der Waals surface area (Å²) < 4.78 is 29.9. The number of esters is 4. The number of Topliss-reactive ketones (excluding diaryl/α,β-unsaturated/α-hetero) is 1. The van der Waals surface area contributed by atoms with E-state index in [0.717, 1.165) is 6.92 Å². The Morgan fingerprint density at radius 2 is 1.63 bits per heavy atom. The smallest absolute Gasteiger partial charge is 0.338 e. The van der Waals surface area contributed by atoms with Crippen LogP contribution < -0.4 is 5.73 Å². The summed E-state index contributed by atoms with van der Waals surface area (Å²) in [5.41, 5.74) is -0.717. The van der Waals surface area contributed by atoms with Gasteiger partial charge in [0.05, 0.1) is 35.5 Å². The zero-order valence-corrected chi connectivity index (χ0v) is 29.2. The van der Waals surface area contributed by atoms with Crippen LogP contribution in [0.2, 0.25) is 0 Å². The van der Waals surface area contributed by atoms with Gasteiger partial charge in [-0.1, -0.05) is 39.0 Å². The molecule has 0 radical (unpaired) electrons. The Labute approximate surface area is 285 Å². The molecule has 13 heteroatoms. The van der Waals surface area contributed by atoms with Crippen LogP contribution in [-0.2, 0) is 42.9 Å². The molecule has 2 bridgehead atoms. The number of carbonyl (C=O) groups is 5. The number of nitrogens with two attached hydrogens (primary N) is 1. The lowest BCUT2D eigenvalue weighted by Crippen LogP contribution is -2.82. The highest BCUT2D eigenvalue weighted by atomic mass is 16.6. The molecule has 1 aromatic rings. The highest BCUT2D eigenvalue weighted by molar-refractivity contribution is 5.95. The van der Waals surface area contributed by atoms with Crippen LogP contribution in [0.3, 0.4) is 0 Å².